The summed E-state index contributed by atoms with van der Waals surface area (Å²) in [6, 6.07) is 3.49. The Labute approximate surface area is 125 Å². The van der Waals surface area contributed by atoms with Gasteiger partial charge in [-0.15, -0.1) is 11.3 Å². The van der Waals surface area contributed by atoms with Gasteiger partial charge in [0.2, 0.25) is 0 Å². The number of nitrogens with one attached hydrogen (secondary N) is 1. The smallest absolute Gasteiger partial charge is 0.334 e. The molecule has 110 valence electrons. The van der Waals surface area contributed by atoms with Crippen LogP contribution in [0.5, 0.6) is 0 Å². The van der Waals surface area contributed by atoms with Crippen molar-refractivity contribution in [1.29, 1.82) is 0 Å². The van der Waals surface area contributed by atoms with E-state index in [2.05, 4.69) is 5.32 Å². The van der Waals surface area contributed by atoms with Crippen LogP contribution in [0.3, 0.4) is 0 Å². The Balaban J connectivity index is 1.75. The van der Waals surface area contributed by atoms with E-state index in [4.69, 9.17) is 21.4 Å². The molecule has 0 aromatic carbocycles. The van der Waals surface area contributed by atoms with Crippen LogP contribution in [0.25, 0.3) is 0 Å². The molecule has 6 nitrogen and oxygen atoms in total. The maximum absolute atomic E-state index is 11.9. The van der Waals surface area contributed by atoms with Crippen molar-refractivity contribution in [2.24, 2.45) is 0 Å². The van der Waals surface area contributed by atoms with Crippen LogP contribution in [0.4, 0.5) is 4.79 Å². The van der Waals surface area contributed by atoms with E-state index >= 15 is 0 Å². The molecule has 1 aromatic rings. The average Bonchev–Trinajstić information content (AvgIpc) is 2.84. The fourth-order valence-corrected chi connectivity index (χ4v) is 2.96. The second kappa shape index (κ2) is 6.92. The predicted octanol–water partition coefficient (Wildman–Crippen LogP) is 1.44. The normalized spacial score (nSPS) is 18.9. The Morgan fingerprint density at radius 2 is 2.35 bits per heavy atom. The molecule has 0 bridgehead atoms. The average molecular weight is 319 g/mol. The van der Waals surface area contributed by atoms with Crippen LogP contribution in [0.1, 0.15) is 4.88 Å². The molecule has 2 rings (SSSR count). The van der Waals surface area contributed by atoms with Crippen LogP contribution in [-0.4, -0.2) is 54.4 Å². The Morgan fingerprint density at radius 1 is 1.55 bits per heavy atom. The van der Waals surface area contributed by atoms with Crippen molar-refractivity contribution in [1.82, 2.24) is 10.2 Å². The lowest BCUT2D eigenvalue weighted by Crippen LogP contribution is -2.52. The van der Waals surface area contributed by atoms with E-state index in [1.807, 2.05) is 12.1 Å². The summed E-state index contributed by atoms with van der Waals surface area (Å²) in [5, 5.41) is 11.6. The van der Waals surface area contributed by atoms with Crippen molar-refractivity contribution in [2.45, 2.75) is 12.5 Å². The van der Waals surface area contributed by atoms with Gasteiger partial charge in [0.15, 0.2) is 6.10 Å². The maximum Gasteiger partial charge on any atom is 0.334 e. The summed E-state index contributed by atoms with van der Waals surface area (Å²) in [7, 11) is 0. The summed E-state index contributed by atoms with van der Waals surface area (Å²) in [6.07, 6.45) is -0.235. The van der Waals surface area contributed by atoms with Gasteiger partial charge in [-0.2, -0.15) is 0 Å². The number of morpholine rings is 1. The number of urea groups is 1. The third-order valence-electron chi connectivity index (χ3n) is 2.91. The number of halogens is 1. The molecule has 20 heavy (non-hydrogen) atoms. The number of carboxylic acids is 1. The zero-order chi connectivity index (χ0) is 14.5. The Hall–Kier alpha value is -1.31. The van der Waals surface area contributed by atoms with E-state index in [1.54, 1.807) is 0 Å². The molecule has 2 heterocycles. The third kappa shape index (κ3) is 4.09. The van der Waals surface area contributed by atoms with Gasteiger partial charge in [0.1, 0.15) is 0 Å². The van der Waals surface area contributed by atoms with Crippen molar-refractivity contribution in [3.8, 4) is 0 Å². The van der Waals surface area contributed by atoms with E-state index in [0.717, 1.165) is 9.21 Å². The highest BCUT2D eigenvalue weighted by Gasteiger charge is 2.28. The van der Waals surface area contributed by atoms with Crippen molar-refractivity contribution in [2.75, 3.05) is 26.2 Å². The molecule has 8 heteroatoms. The van der Waals surface area contributed by atoms with E-state index in [-0.39, 0.29) is 19.2 Å². The van der Waals surface area contributed by atoms with Gasteiger partial charge in [-0.05, 0) is 18.6 Å². The zero-order valence-corrected chi connectivity index (χ0v) is 12.2. The van der Waals surface area contributed by atoms with Crippen LogP contribution in [0.2, 0.25) is 4.34 Å². The van der Waals surface area contributed by atoms with Gasteiger partial charge >= 0.3 is 12.0 Å². The highest BCUT2D eigenvalue weighted by molar-refractivity contribution is 7.16. The summed E-state index contributed by atoms with van der Waals surface area (Å²) >= 11 is 7.30. The molecular formula is C12H15ClN2O4S. The van der Waals surface area contributed by atoms with Gasteiger partial charge in [-0.25, -0.2) is 9.59 Å². The Morgan fingerprint density at radius 3 is 3.00 bits per heavy atom. The standard InChI is InChI=1S/C12H15ClN2O4S/c13-10-2-1-8(20-10)3-4-14-12(18)15-5-6-19-9(7-15)11(16)17/h1-2,9H,3-7H2,(H,14,18)(H,16,17). The molecule has 1 aliphatic rings. The summed E-state index contributed by atoms with van der Waals surface area (Å²) in [4.78, 5) is 25.3. The fraction of sp³-hybridized carbons (Fsp3) is 0.500. The van der Waals surface area contributed by atoms with E-state index in [9.17, 15) is 9.59 Å². The Bertz CT molecular complexity index is 494. The monoisotopic (exact) mass is 318 g/mol. The van der Waals surface area contributed by atoms with E-state index < -0.39 is 12.1 Å². The third-order valence-corrected chi connectivity index (χ3v) is 4.20. The molecule has 1 aromatic heterocycles. The minimum Gasteiger partial charge on any atom is -0.479 e. The molecule has 1 atom stereocenters. The van der Waals surface area contributed by atoms with E-state index in [1.165, 1.54) is 16.2 Å². The van der Waals surface area contributed by atoms with Gasteiger partial charge in [-0.3, -0.25) is 0 Å². The van der Waals surface area contributed by atoms with Crippen LogP contribution < -0.4 is 5.32 Å². The van der Waals surface area contributed by atoms with E-state index in [0.29, 0.717) is 19.5 Å². The lowest BCUT2D eigenvalue weighted by molar-refractivity contribution is -0.154. The lowest BCUT2D eigenvalue weighted by atomic mass is 10.3. The number of hydrogen-bond donors (Lipinski definition) is 2. The van der Waals surface area contributed by atoms with Crippen molar-refractivity contribution in [3.63, 3.8) is 0 Å². The summed E-state index contributed by atoms with van der Waals surface area (Å²) in [5.74, 6) is -1.05. The lowest BCUT2D eigenvalue weighted by Gasteiger charge is -2.30. The number of thiophene rings is 1. The second-order valence-corrected chi connectivity index (χ2v) is 6.13. The molecule has 0 radical (unpaired) electrons. The topological polar surface area (TPSA) is 78.9 Å². The van der Waals surface area contributed by atoms with Gasteiger partial charge < -0.3 is 20.1 Å². The van der Waals surface area contributed by atoms with Crippen LogP contribution in [-0.2, 0) is 16.0 Å². The van der Waals surface area contributed by atoms with Crippen LogP contribution in [0.15, 0.2) is 12.1 Å². The molecule has 2 amide bonds. The van der Waals surface area contributed by atoms with Crippen molar-refractivity contribution >= 4 is 34.9 Å². The summed E-state index contributed by atoms with van der Waals surface area (Å²) in [6.45, 7) is 1.21. The molecule has 1 fully saturated rings. The number of carbonyl (C=O) groups excluding carboxylic acids is 1. The maximum atomic E-state index is 11.9. The van der Waals surface area contributed by atoms with Gasteiger partial charge in [0.25, 0.3) is 0 Å². The van der Waals surface area contributed by atoms with Crippen molar-refractivity contribution in [3.05, 3.63) is 21.3 Å². The molecule has 0 aliphatic carbocycles. The molecule has 0 saturated carbocycles. The molecule has 0 spiro atoms. The molecule has 1 saturated heterocycles. The van der Waals surface area contributed by atoms with Crippen LogP contribution in [0, 0.1) is 0 Å². The summed E-state index contributed by atoms with van der Waals surface area (Å²) < 4.78 is 5.79. The Kier molecular flexibility index (Phi) is 5.22. The number of ether oxygens (including phenoxy) is 1. The number of amides is 2. The number of carbonyl (C=O) groups is 2. The molecule has 1 aliphatic heterocycles. The highest BCUT2D eigenvalue weighted by atomic mass is 35.5. The van der Waals surface area contributed by atoms with Gasteiger partial charge in [-0.1, -0.05) is 11.6 Å². The minimum absolute atomic E-state index is 0.0754. The largest absolute Gasteiger partial charge is 0.479 e. The first-order valence-electron chi connectivity index (χ1n) is 6.17. The van der Waals surface area contributed by atoms with Crippen LogP contribution >= 0.6 is 22.9 Å². The fourth-order valence-electron chi connectivity index (χ4n) is 1.87. The first kappa shape index (κ1) is 15.1. The molecule has 1 unspecified atom stereocenters. The number of aliphatic carboxylic acids is 1. The van der Waals surface area contributed by atoms with Crippen molar-refractivity contribution < 1.29 is 19.4 Å². The minimum atomic E-state index is -1.05. The predicted molar refractivity (Wildman–Crippen MR) is 75.4 cm³/mol. The molecule has 2 N–H and O–H groups in total. The summed E-state index contributed by atoms with van der Waals surface area (Å²) in [5.41, 5.74) is 0. The number of nitrogens with zero attached hydrogens (tertiary/aromatic N) is 1. The van der Waals surface area contributed by atoms with Gasteiger partial charge in [0.05, 0.1) is 17.5 Å². The SMILES string of the molecule is O=C(O)C1CN(C(=O)NCCc2ccc(Cl)s2)CCO1. The quantitative estimate of drug-likeness (QED) is 0.880. The highest BCUT2D eigenvalue weighted by Crippen LogP contribution is 2.21. The van der Waals surface area contributed by atoms with Gasteiger partial charge in [0, 0.05) is 18.0 Å². The number of carboxylic acid groups (broad SMARTS) is 1. The zero-order valence-electron chi connectivity index (χ0n) is 10.7. The molecular weight excluding hydrogens is 304 g/mol. The number of rotatable bonds is 4. The first-order valence-corrected chi connectivity index (χ1v) is 7.37. The number of hydrogen-bond acceptors (Lipinski definition) is 4. The second-order valence-electron chi connectivity index (χ2n) is 4.33. The first-order chi connectivity index (χ1) is 9.56.